The van der Waals surface area contributed by atoms with Crippen molar-refractivity contribution < 1.29 is 4.74 Å². The van der Waals surface area contributed by atoms with Gasteiger partial charge in [0.2, 0.25) is 17.2 Å². The van der Waals surface area contributed by atoms with Gasteiger partial charge in [-0.15, -0.1) is 0 Å². The molecule has 20 heavy (non-hydrogen) atoms. The first-order valence-electron chi connectivity index (χ1n) is 7.21. The van der Waals surface area contributed by atoms with Crippen molar-refractivity contribution >= 4 is 23.5 Å². The van der Waals surface area contributed by atoms with E-state index in [0.29, 0.717) is 17.8 Å². The molecule has 1 aliphatic rings. The third-order valence-corrected chi connectivity index (χ3v) is 3.70. The van der Waals surface area contributed by atoms with Gasteiger partial charge in [0.15, 0.2) is 0 Å². The summed E-state index contributed by atoms with van der Waals surface area (Å²) in [7, 11) is 0. The van der Waals surface area contributed by atoms with Crippen LogP contribution in [0.25, 0.3) is 0 Å². The maximum atomic E-state index is 5.98. The molecule has 0 spiro atoms. The van der Waals surface area contributed by atoms with Crippen molar-refractivity contribution in [2.75, 3.05) is 43.1 Å². The normalized spacial score (nSPS) is 16.1. The smallest absolute Gasteiger partial charge is 0.231 e. The van der Waals surface area contributed by atoms with Gasteiger partial charge in [-0.25, -0.2) is 0 Å². The van der Waals surface area contributed by atoms with Crippen LogP contribution in [0.1, 0.15) is 26.7 Å². The van der Waals surface area contributed by atoms with Crippen LogP contribution in [0.15, 0.2) is 0 Å². The Bertz CT molecular complexity index is 421. The molecule has 2 heterocycles. The molecule has 0 radical (unpaired) electrons. The second kappa shape index (κ2) is 7.59. The molecule has 0 unspecified atom stereocenters. The number of aromatic nitrogens is 3. The van der Waals surface area contributed by atoms with Gasteiger partial charge < -0.3 is 15.0 Å². The second-order valence-corrected chi connectivity index (χ2v) is 5.18. The first-order chi connectivity index (χ1) is 9.72. The third-order valence-electron chi connectivity index (χ3n) is 3.53. The number of halogens is 1. The molecule has 6 nitrogen and oxygen atoms in total. The Morgan fingerprint density at radius 1 is 1.20 bits per heavy atom. The first-order valence-corrected chi connectivity index (χ1v) is 7.58. The van der Waals surface area contributed by atoms with Crippen molar-refractivity contribution in [3.8, 4) is 0 Å². The number of rotatable bonds is 6. The third kappa shape index (κ3) is 4.18. The van der Waals surface area contributed by atoms with Gasteiger partial charge in [0.25, 0.3) is 0 Å². The molecule has 0 amide bonds. The van der Waals surface area contributed by atoms with Gasteiger partial charge in [-0.2, -0.15) is 15.0 Å². The molecule has 1 N–H and O–H groups in total. The molecular formula is C13H22ClN5O. The molecule has 0 bridgehead atoms. The lowest BCUT2D eigenvalue weighted by Gasteiger charge is -2.23. The molecule has 0 aliphatic carbocycles. The summed E-state index contributed by atoms with van der Waals surface area (Å²) >= 11 is 5.98. The number of ether oxygens (including phenoxy) is 1. The Labute approximate surface area is 124 Å². The number of hydrogen-bond acceptors (Lipinski definition) is 6. The maximum Gasteiger partial charge on any atom is 0.231 e. The van der Waals surface area contributed by atoms with Gasteiger partial charge >= 0.3 is 0 Å². The Balaban J connectivity index is 1.99. The van der Waals surface area contributed by atoms with E-state index >= 15 is 0 Å². The molecule has 2 rings (SSSR count). The monoisotopic (exact) mass is 299 g/mol. The first kappa shape index (κ1) is 15.3. The number of nitrogens with zero attached hydrogens (tertiary/aromatic N) is 4. The van der Waals surface area contributed by atoms with Crippen molar-refractivity contribution in [2.45, 2.75) is 26.7 Å². The topological polar surface area (TPSA) is 63.2 Å². The Kier molecular flexibility index (Phi) is 5.79. The van der Waals surface area contributed by atoms with E-state index in [-0.39, 0.29) is 5.28 Å². The van der Waals surface area contributed by atoms with Crippen LogP contribution in [0.4, 0.5) is 11.9 Å². The van der Waals surface area contributed by atoms with E-state index in [1.807, 2.05) is 4.90 Å². The van der Waals surface area contributed by atoms with Crippen LogP contribution >= 0.6 is 11.6 Å². The maximum absolute atomic E-state index is 5.98. The molecule has 7 heteroatoms. The van der Waals surface area contributed by atoms with E-state index < -0.39 is 0 Å². The van der Waals surface area contributed by atoms with Gasteiger partial charge in [-0.1, -0.05) is 0 Å². The van der Waals surface area contributed by atoms with E-state index in [2.05, 4.69) is 34.1 Å². The molecule has 1 fully saturated rings. The largest absolute Gasteiger partial charge is 0.381 e. The Morgan fingerprint density at radius 2 is 1.90 bits per heavy atom. The molecule has 1 aromatic rings. The van der Waals surface area contributed by atoms with E-state index in [1.54, 1.807) is 0 Å². The fourth-order valence-electron chi connectivity index (χ4n) is 2.25. The van der Waals surface area contributed by atoms with Gasteiger partial charge in [0, 0.05) is 32.8 Å². The molecular weight excluding hydrogens is 278 g/mol. The van der Waals surface area contributed by atoms with Crippen LogP contribution in [0.5, 0.6) is 0 Å². The summed E-state index contributed by atoms with van der Waals surface area (Å²) in [6, 6.07) is 0. The summed E-state index contributed by atoms with van der Waals surface area (Å²) in [5.74, 6) is 1.79. The highest BCUT2D eigenvalue weighted by atomic mass is 35.5. The molecule has 0 saturated carbocycles. The van der Waals surface area contributed by atoms with Crippen molar-refractivity contribution in [3.05, 3.63) is 5.28 Å². The predicted octanol–water partition coefficient (Wildman–Crippen LogP) is 2.21. The van der Waals surface area contributed by atoms with E-state index in [1.165, 1.54) is 0 Å². The summed E-state index contributed by atoms with van der Waals surface area (Å²) in [5, 5.41) is 3.50. The summed E-state index contributed by atoms with van der Waals surface area (Å²) in [4.78, 5) is 14.8. The van der Waals surface area contributed by atoms with Gasteiger partial charge in [0.1, 0.15) is 0 Å². The summed E-state index contributed by atoms with van der Waals surface area (Å²) in [6.07, 6.45) is 2.16. The molecule has 112 valence electrons. The SMILES string of the molecule is CCN(CC)c1nc(Cl)nc(NCC2CCOCC2)n1. The lowest BCUT2D eigenvalue weighted by atomic mass is 10.0. The minimum Gasteiger partial charge on any atom is -0.381 e. The average Bonchev–Trinajstić information content (AvgIpc) is 2.47. The number of hydrogen-bond donors (Lipinski definition) is 1. The summed E-state index contributed by atoms with van der Waals surface area (Å²) in [5.41, 5.74) is 0. The van der Waals surface area contributed by atoms with Crippen molar-refractivity contribution in [1.29, 1.82) is 0 Å². The van der Waals surface area contributed by atoms with Crippen LogP contribution in [-0.4, -0.2) is 47.8 Å². The second-order valence-electron chi connectivity index (χ2n) is 4.84. The van der Waals surface area contributed by atoms with Crippen molar-refractivity contribution in [2.24, 2.45) is 5.92 Å². The van der Waals surface area contributed by atoms with Gasteiger partial charge in [0.05, 0.1) is 0 Å². The Morgan fingerprint density at radius 3 is 2.55 bits per heavy atom. The van der Waals surface area contributed by atoms with Crippen LogP contribution in [0, 0.1) is 5.92 Å². The number of anilines is 2. The number of nitrogens with one attached hydrogen (secondary N) is 1. The van der Waals surface area contributed by atoms with Crippen LogP contribution in [0.3, 0.4) is 0 Å². The minimum atomic E-state index is 0.233. The molecule has 0 aromatic carbocycles. The molecule has 1 aliphatic heterocycles. The van der Waals surface area contributed by atoms with E-state index in [0.717, 1.165) is 45.7 Å². The summed E-state index contributed by atoms with van der Waals surface area (Å²) in [6.45, 7) is 8.35. The fraction of sp³-hybridized carbons (Fsp3) is 0.769. The molecule has 1 aromatic heterocycles. The van der Waals surface area contributed by atoms with Crippen LogP contribution in [0.2, 0.25) is 5.28 Å². The predicted molar refractivity (Wildman–Crippen MR) is 80.4 cm³/mol. The van der Waals surface area contributed by atoms with E-state index in [4.69, 9.17) is 16.3 Å². The molecule has 1 saturated heterocycles. The average molecular weight is 300 g/mol. The van der Waals surface area contributed by atoms with Crippen LogP contribution in [-0.2, 0) is 4.74 Å². The lowest BCUT2D eigenvalue weighted by molar-refractivity contribution is 0.0699. The zero-order valence-corrected chi connectivity index (χ0v) is 12.9. The van der Waals surface area contributed by atoms with Crippen molar-refractivity contribution in [3.63, 3.8) is 0 Å². The van der Waals surface area contributed by atoms with Gasteiger partial charge in [-0.3, -0.25) is 0 Å². The minimum absolute atomic E-state index is 0.233. The summed E-state index contributed by atoms with van der Waals surface area (Å²) < 4.78 is 5.35. The highest BCUT2D eigenvalue weighted by molar-refractivity contribution is 6.28. The highest BCUT2D eigenvalue weighted by Crippen LogP contribution is 2.17. The van der Waals surface area contributed by atoms with Crippen molar-refractivity contribution in [1.82, 2.24) is 15.0 Å². The van der Waals surface area contributed by atoms with E-state index in [9.17, 15) is 0 Å². The van der Waals surface area contributed by atoms with Gasteiger partial charge in [-0.05, 0) is 44.2 Å². The molecule has 0 atom stereocenters. The lowest BCUT2D eigenvalue weighted by Crippen LogP contribution is -2.26. The Hall–Kier alpha value is -1.14. The van der Waals surface area contributed by atoms with Crippen LogP contribution < -0.4 is 10.2 Å². The highest BCUT2D eigenvalue weighted by Gasteiger charge is 2.15. The quantitative estimate of drug-likeness (QED) is 0.869. The zero-order valence-electron chi connectivity index (χ0n) is 12.1. The zero-order chi connectivity index (χ0) is 14.4. The fourth-order valence-corrected chi connectivity index (χ4v) is 2.41. The standard InChI is InChI=1S/C13H22ClN5O/c1-3-19(4-2)13-17-11(14)16-12(18-13)15-9-10-5-7-20-8-6-10/h10H,3-9H2,1-2H3,(H,15,16,17,18).